The predicted octanol–water partition coefficient (Wildman–Crippen LogP) is 5.48. The third-order valence-electron chi connectivity index (χ3n) is 6.72. The highest BCUT2D eigenvalue weighted by Crippen LogP contribution is 2.32. The topological polar surface area (TPSA) is 114 Å². The van der Waals surface area contributed by atoms with Gasteiger partial charge in [0.25, 0.3) is 0 Å². The molecule has 5 rings (SSSR count). The van der Waals surface area contributed by atoms with Gasteiger partial charge in [-0.1, -0.05) is 84.4 Å². The van der Waals surface area contributed by atoms with Crippen LogP contribution < -0.4 is 0 Å². The second-order valence-electron chi connectivity index (χ2n) is 9.70. The van der Waals surface area contributed by atoms with Crippen LogP contribution in [0.2, 0.25) is 0 Å². The highest BCUT2D eigenvalue weighted by molar-refractivity contribution is 6.20. The Labute approximate surface area is 258 Å². The van der Waals surface area contributed by atoms with Crippen LogP contribution in [0.5, 0.6) is 0 Å². The average Bonchev–Trinajstić information content (AvgIpc) is 3.07. The molecule has 0 bridgehead atoms. The zero-order valence-corrected chi connectivity index (χ0v) is 23.9. The quantitative estimate of drug-likeness (QED) is 0.137. The normalized spacial score (nSPS) is 21.0. The minimum absolute atomic E-state index is 0.193. The monoisotopic (exact) mass is 614 g/mol. The first-order chi connectivity index (χ1) is 21.4. The zero-order valence-electron chi connectivity index (χ0n) is 23.2. The van der Waals surface area contributed by atoms with Crippen LogP contribution in [-0.2, 0) is 23.7 Å². The minimum Gasteiger partial charge on any atom is -0.459 e. The molecule has 0 saturated carbocycles. The number of rotatable bonds is 9. The lowest BCUT2D eigenvalue weighted by Gasteiger charge is -2.42. The maximum absolute atomic E-state index is 13.3. The van der Waals surface area contributed by atoms with Crippen molar-refractivity contribution in [2.24, 2.45) is 0 Å². The standard InChI is InChI=1S/C34H27ClO9/c35-30-29(44-34(39)25-19-11-4-12-20-25)28(43-33(38)24-17-9-3-10-18-24)27(42-32(37)23-15-7-2-8-16-23)26(41-30)21-40-31(36)22-13-5-1-6-14-22/h1-20,26-30H,21H2/t26?,27-,28-,29?,30+/m0/s1. The molecule has 1 saturated heterocycles. The van der Waals surface area contributed by atoms with E-state index in [-0.39, 0.29) is 22.3 Å². The number of alkyl halides is 1. The smallest absolute Gasteiger partial charge is 0.338 e. The molecule has 4 aromatic rings. The summed E-state index contributed by atoms with van der Waals surface area (Å²) in [5.41, 5.74) is -0.500. The van der Waals surface area contributed by atoms with Crippen molar-refractivity contribution in [1.29, 1.82) is 0 Å². The Hall–Kier alpha value is -4.99. The van der Waals surface area contributed by atoms with Crippen LogP contribution in [0.15, 0.2) is 121 Å². The van der Waals surface area contributed by atoms with Gasteiger partial charge in [0.15, 0.2) is 23.9 Å². The first-order valence-corrected chi connectivity index (χ1v) is 14.1. The third kappa shape index (κ3) is 7.50. The number of ether oxygens (including phenoxy) is 5. The molecular formula is C34H27ClO9. The molecule has 1 fully saturated rings. The number of carbonyl (C=O) groups excluding carboxylic acids is 4. The molecule has 0 radical (unpaired) electrons. The Morgan fingerprint density at radius 1 is 0.500 bits per heavy atom. The van der Waals surface area contributed by atoms with Gasteiger partial charge in [0, 0.05) is 0 Å². The Bertz CT molecular complexity index is 1570. The van der Waals surface area contributed by atoms with Crippen molar-refractivity contribution in [1.82, 2.24) is 0 Å². The number of hydrogen-bond acceptors (Lipinski definition) is 9. The van der Waals surface area contributed by atoms with Crippen LogP contribution in [0, 0.1) is 0 Å². The zero-order chi connectivity index (χ0) is 30.9. The number of hydrogen-bond donors (Lipinski definition) is 0. The number of benzene rings is 4. The van der Waals surface area contributed by atoms with Gasteiger partial charge in [-0.2, -0.15) is 0 Å². The van der Waals surface area contributed by atoms with Gasteiger partial charge in [-0.3, -0.25) is 0 Å². The summed E-state index contributed by atoms with van der Waals surface area (Å²) in [5.74, 6) is -3.00. The summed E-state index contributed by atoms with van der Waals surface area (Å²) in [4.78, 5) is 52.5. The summed E-state index contributed by atoms with van der Waals surface area (Å²) in [6, 6.07) is 32.6. The Balaban J connectivity index is 1.48. The van der Waals surface area contributed by atoms with Crippen molar-refractivity contribution in [2.45, 2.75) is 30.0 Å². The number of halogens is 1. The average molecular weight is 615 g/mol. The van der Waals surface area contributed by atoms with Crippen molar-refractivity contribution < 1.29 is 42.9 Å². The Morgan fingerprint density at radius 2 is 0.841 bits per heavy atom. The molecule has 1 heterocycles. The highest BCUT2D eigenvalue weighted by Gasteiger charge is 2.52. The molecular weight excluding hydrogens is 588 g/mol. The first kappa shape index (κ1) is 30.5. The van der Waals surface area contributed by atoms with E-state index < -0.39 is 60.5 Å². The van der Waals surface area contributed by atoms with Crippen molar-refractivity contribution >= 4 is 35.5 Å². The number of carbonyl (C=O) groups is 4. The summed E-state index contributed by atoms with van der Waals surface area (Å²) < 4.78 is 28.9. The van der Waals surface area contributed by atoms with Crippen molar-refractivity contribution in [2.75, 3.05) is 6.61 Å². The molecule has 10 heteroatoms. The van der Waals surface area contributed by atoms with Gasteiger partial charge >= 0.3 is 23.9 Å². The van der Waals surface area contributed by atoms with Crippen LogP contribution in [0.4, 0.5) is 0 Å². The van der Waals surface area contributed by atoms with Gasteiger partial charge in [-0.25, -0.2) is 19.2 Å². The fraction of sp³-hybridized carbons (Fsp3) is 0.176. The van der Waals surface area contributed by atoms with Crippen LogP contribution in [-0.4, -0.2) is 60.5 Å². The molecule has 0 spiro atoms. The molecule has 4 aromatic carbocycles. The fourth-order valence-electron chi connectivity index (χ4n) is 4.51. The highest BCUT2D eigenvalue weighted by atomic mass is 35.5. The van der Waals surface area contributed by atoms with Crippen molar-refractivity contribution in [3.63, 3.8) is 0 Å². The van der Waals surface area contributed by atoms with Gasteiger partial charge in [0.05, 0.1) is 22.3 Å². The van der Waals surface area contributed by atoms with Crippen LogP contribution in [0.3, 0.4) is 0 Å². The van der Waals surface area contributed by atoms with Gasteiger partial charge in [-0.05, 0) is 48.5 Å². The molecule has 5 atom stereocenters. The molecule has 2 unspecified atom stereocenters. The molecule has 1 aliphatic heterocycles. The Morgan fingerprint density at radius 3 is 1.25 bits per heavy atom. The van der Waals surface area contributed by atoms with E-state index in [0.717, 1.165) is 0 Å². The van der Waals surface area contributed by atoms with E-state index in [1.165, 1.54) is 12.1 Å². The molecule has 0 amide bonds. The van der Waals surface area contributed by atoms with Crippen molar-refractivity contribution in [3.8, 4) is 0 Å². The van der Waals surface area contributed by atoms with E-state index in [2.05, 4.69) is 0 Å². The molecule has 0 N–H and O–H groups in total. The summed E-state index contributed by atoms with van der Waals surface area (Å²) in [6.45, 7) is -0.428. The van der Waals surface area contributed by atoms with Gasteiger partial charge in [0.2, 0.25) is 0 Å². The number of esters is 4. The van der Waals surface area contributed by atoms with Gasteiger partial charge < -0.3 is 23.7 Å². The lowest BCUT2D eigenvalue weighted by molar-refractivity contribution is -0.209. The molecule has 1 aliphatic rings. The minimum atomic E-state index is -1.46. The second-order valence-corrected chi connectivity index (χ2v) is 10.1. The predicted molar refractivity (Wildman–Crippen MR) is 158 cm³/mol. The maximum atomic E-state index is 13.3. The summed E-state index contributed by atoms with van der Waals surface area (Å²) in [6.07, 6.45) is -5.51. The third-order valence-corrected chi connectivity index (χ3v) is 7.07. The van der Waals surface area contributed by atoms with E-state index in [0.29, 0.717) is 0 Å². The summed E-state index contributed by atoms with van der Waals surface area (Å²) in [7, 11) is 0. The van der Waals surface area contributed by atoms with E-state index >= 15 is 0 Å². The van der Waals surface area contributed by atoms with Crippen LogP contribution >= 0.6 is 11.6 Å². The van der Waals surface area contributed by atoms with E-state index in [4.69, 9.17) is 35.3 Å². The summed E-state index contributed by atoms with van der Waals surface area (Å²) >= 11 is 6.61. The molecule has 9 nitrogen and oxygen atoms in total. The van der Waals surface area contributed by atoms with Gasteiger partial charge in [0.1, 0.15) is 12.7 Å². The molecule has 224 valence electrons. The fourth-order valence-corrected chi connectivity index (χ4v) is 4.84. The first-order valence-electron chi connectivity index (χ1n) is 13.7. The van der Waals surface area contributed by atoms with Gasteiger partial charge in [-0.15, -0.1) is 0 Å². The second kappa shape index (κ2) is 14.5. The lowest BCUT2D eigenvalue weighted by atomic mass is 9.98. The molecule has 0 aliphatic carbocycles. The van der Waals surface area contributed by atoms with Crippen LogP contribution in [0.1, 0.15) is 41.4 Å². The maximum Gasteiger partial charge on any atom is 0.338 e. The van der Waals surface area contributed by atoms with E-state index in [1.54, 1.807) is 109 Å². The van der Waals surface area contributed by atoms with E-state index in [1.807, 2.05) is 0 Å². The lowest BCUT2D eigenvalue weighted by Crippen LogP contribution is -2.61. The van der Waals surface area contributed by atoms with Crippen molar-refractivity contribution in [3.05, 3.63) is 144 Å². The molecule has 44 heavy (non-hydrogen) atoms. The SMILES string of the molecule is O=C(OCC1O[C@@H](Cl)C(OC(=O)c2ccccc2)[C@@H](OC(=O)c2ccccc2)[C@H]1OC(=O)c1ccccc1)c1ccccc1. The summed E-state index contributed by atoms with van der Waals surface area (Å²) in [5, 5.41) is 0. The Kier molecular flexibility index (Phi) is 10.0. The van der Waals surface area contributed by atoms with E-state index in [9.17, 15) is 19.2 Å². The van der Waals surface area contributed by atoms with Crippen LogP contribution in [0.25, 0.3) is 0 Å². The molecule has 0 aromatic heterocycles. The largest absolute Gasteiger partial charge is 0.459 e.